The van der Waals surface area contributed by atoms with Gasteiger partial charge in [0.05, 0.1) is 19.4 Å². The summed E-state index contributed by atoms with van der Waals surface area (Å²) >= 11 is 3.16. The van der Waals surface area contributed by atoms with Gasteiger partial charge in [-0.2, -0.15) is 4.68 Å². The number of thiazole rings is 1. The Balaban J connectivity index is 1.48. The Morgan fingerprint density at radius 1 is 1.13 bits per heavy atom. The van der Waals surface area contributed by atoms with Crippen LogP contribution in [0.2, 0.25) is 0 Å². The Morgan fingerprint density at radius 3 is 2.73 bits per heavy atom. The molecule has 0 atom stereocenters. The van der Waals surface area contributed by atoms with Crippen LogP contribution in [0.5, 0.6) is 11.5 Å². The van der Waals surface area contributed by atoms with Gasteiger partial charge in [0.2, 0.25) is 5.16 Å². The molecule has 2 aromatic carbocycles. The molecular formula is C21H21N5O2S2. The second kappa shape index (κ2) is 9.27. The Hall–Kier alpha value is -2.91. The number of hydrogen-bond acceptors (Lipinski definition) is 8. The molecule has 9 heteroatoms. The summed E-state index contributed by atoms with van der Waals surface area (Å²) in [5.74, 6) is 2.26. The highest BCUT2D eigenvalue weighted by molar-refractivity contribution is 7.98. The maximum Gasteiger partial charge on any atom is 0.214 e. The number of nitrogens with zero attached hydrogens (tertiary/aromatic N) is 5. The zero-order valence-electron chi connectivity index (χ0n) is 16.9. The molecule has 0 saturated heterocycles. The van der Waals surface area contributed by atoms with E-state index in [1.165, 1.54) is 11.8 Å². The third-order valence-electron chi connectivity index (χ3n) is 4.32. The molecule has 0 radical (unpaired) electrons. The van der Waals surface area contributed by atoms with Crippen LogP contribution < -0.4 is 9.47 Å². The van der Waals surface area contributed by atoms with E-state index in [9.17, 15) is 0 Å². The molecule has 4 rings (SSSR count). The highest BCUT2D eigenvalue weighted by atomic mass is 32.2. The lowest BCUT2D eigenvalue weighted by molar-refractivity contribution is 0.340. The number of tetrazole rings is 1. The van der Waals surface area contributed by atoms with Gasteiger partial charge >= 0.3 is 0 Å². The highest BCUT2D eigenvalue weighted by Crippen LogP contribution is 2.30. The smallest absolute Gasteiger partial charge is 0.214 e. The van der Waals surface area contributed by atoms with Crippen molar-refractivity contribution in [3.8, 4) is 27.8 Å². The molecule has 0 unspecified atom stereocenters. The number of thioether (sulfide) groups is 1. The molecule has 0 aliphatic carbocycles. The minimum Gasteiger partial charge on any atom is -0.494 e. The summed E-state index contributed by atoms with van der Waals surface area (Å²) in [6.45, 7) is 4.66. The van der Waals surface area contributed by atoms with Gasteiger partial charge in [0.1, 0.15) is 22.2 Å². The third kappa shape index (κ3) is 4.47. The van der Waals surface area contributed by atoms with Crippen molar-refractivity contribution in [1.82, 2.24) is 25.2 Å². The van der Waals surface area contributed by atoms with E-state index in [-0.39, 0.29) is 0 Å². The van der Waals surface area contributed by atoms with E-state index >= 15 is 0 Å². The fourth-order valence-corrected chi connectivity index (χ4v) is 4.60. The van der Waals surface area contributed by atoms with E-state index in [2.05, 4.69) is 20.9 Å². The highest BCUT2D eigenvalue weighted by Gasteiger charge is 2.15. The van der Waals surface area contributed by atoms with Crippen molar-refractivity contribution in [1.29, 1.82) is 0 Å². The number of aryl methyl sites for hydroxylation is 1. The maximum atomic E-state index is 5.50. The van der Waals surface area contributed by atoms with Crippen molar-refractivity contribution in [3.63, 3.8) is 0 Å². The normalized spacial score (nSPS) is 10.9. The molecule has 0 saturated carbocycles. The molecular weight excluding hydrogens is 418 g/mol. The molecule has 0 N–H and O–H groups in total. The second-order valence-electron chi connectivity index (χ2n) is 6.44. The Kier molecular flexibility index (Phi) is 6.29. The monoisotopic (exact) mass is 439 g/mol. The minimum atomic E-state index is 0.659. The Labute approximate surface area is 183 Å². The van der Waals surface area contributed by atoms with Crippen molar-refractivity contribution < 1.29 is 9.47 Å². The SMILES string of the molecule is CCOc1ccc(-c2nc(CSc3nnnn3-c3cc(C)ccc3OC)cs2)cc1. The Morgan fingerprint density at radius 2 is 1.97 bits per heavy atom. The summed E-state index contributed by atoms with van der Waals surface area (Å²) in [6.07, 6.45) is 0. The lowest BCUT2D eigenvalue weighted by Crippen LogP contribution is -2.02. The van der Waals surface area contributed by atoms with Gasteiger partial charge in [-0.1, -0.05) is 17.8 Å². The van der Waals surface area contributed by atoms with Crippen molar-refractivity contribution in [2.45, 2.75) is 24.8 Å². The van der Waals surface area contributed by atoms with Crippen molar-refractivity contribution in [3.05, 3.63) is 59.1 Å². The lowest BCUT2D eigenvalue weighted by atomic mass is 10.2. The van der Waals surface area contributed by atoms with Gasteiger partial charge < -0.3 is 9.47 Å². The van der Waals surface area contributed by atoms with Gasteiger partial charge in [-0.3, -0.25) is 0 Å². The average molecular weight is 440 g/mol. The van der Waals surface area contributed by atoms with Gasteiger partial charge in [-0.05, 0) is 66.2 Å². The third-order valence-corrected chi connectivity index (χ3v) is 6.21. The summed E-state index contributed by atoms with van der Waals surface area (Å²) in [5.41, 5.74) is 3.99. The van der Waals surface area contributed by atoms with Crippen LogP contribution in [0.3, 0.4) is 0 Å². The van der Waals surface area contributed by atoms with Gasteiger partial charge in [0, 0.05) is 16.7 Å². The molecule has 0 aliphatic rings. The summed E-state index contributed by atoms with van der Waals surface area (Å²) in [4.78, 5) is 4.76. The molecule has 7 nitrogen and oxygen atoms in total. The van der Waals surface area contributed by atoms with Crippen LogP contribution in [0.4, 0.5) is 0 Å². The quantitative estimate of drug-likeness (QED) is 0.365. The largest absolute Gasteiger partial charge is 0.494 e. The van der Waals surface area contributed by atoms with Gasteiger partial charge in [-0.25, -0.2) is 4.98 Å². The summed E-state index contributed by atoms with van der Waals surface area (Å²) in [6, 6.07) is 13.9. The van der Waals surface area contributed by atoms with Crippen LogP contribution in [-0.2, 0) is 5.75 Å². The van der Waals surface area contributed by atoms with Crippen molar-refractivity contribution >= 4 is 23.1 Å². The summed E-state index contributed by atoms with van der Waals surface area (Å²) < 4.78 is 12.7. The summed E-state index contributed by atoms with van der Waals surface area (Å²) in [7, 11) is 1.64. The molecule has 154 valence electrons. The number of hydrogen-bond donors (Lipinski definition) is 0. The molecule has 0 bridgehead atoms. The predicted octanol–water partition coefficient (Wildman–Crippen LogP) is 4.79. The number of methoxy groups -OCH3 is 1. The lowest BCUT2D eigenvalue weighted by Gasteiger charge is -2.10. The van der Waals surface area contributed by atoms with Crippen LogP contribution in [0.25, 0.3) is 16.3 Å². The molecule has 0 fully saturated rings. The predicted molar refractivity (Wildman–Crippen MR) is 119 cm³/mol. The number of ether oxygens (including phenoxy) is 2. The number of rotatable bonds is 8. The minimum absolute atomic E-state index is 0.659. The number of benzene rings is 2. The van der Waals surface area contributed by atoms with E-state index in [0.29, 0.717) is 17.5 Å². The second-order valence-corrected chi connectivity index (χ2v) is 8.24. The van der Waals surface area contributed by atoms with Crippen LogP contribution in [-0.4, -0.2) is 38.9 Å². The van der Waals surface area contributed by atoms with E-state index < -0.39 is 0 Å². The molecule has 30 heavy (non-hydrogen) atoms. The fourth-order valence-electron chi connectivity index (χ4n) is 2.89. The van der Waals surface area contributed by atoms with E-state index in [0.717, 1.165) is 39.0 Å². The standard InChI is InChI=1S/C21H21N5O2S2/c1-4-28-17-8-6-15(7-9-17)20-22-16(12-29-20)13-30-21-23-24-25-26(21)18-11-14(2)5-10-19(18)27-3/h5-12H,4,13H2,1-3H3. The van der Waals surface area contributed by atoms with Gasteiger partial charge in [0.15, 0.2) is 0 Å². The van der Waals surface area contributed by atoms with E-state index in [4.69, 9.17) is 14.5 Å². The first kappa shape index (κ1) is 20.4. The fraction of sp³-hybridized carbons (Fsp3) is 0.238. The first-order valence-electron chi connectivity index (χ1n) is 9.41. The molecule has 4 aromatic rings. The van der Waals surface area contributed by atoms with Crippen LogP contribution in [0, 0.1) is 6.92 Å². The molecule has 0 aliphatic heterocycles. The van der Waals surface area contributed by atoms with E-state index in [1.807, 2.05) is 56.3 Å². The first-order valence-corrected chi connectivity index (χ1v) is 11.3. The maximum absolute atomic E-state index is 5.50. The van der Waals surface area contributed by atoms with Crippen molar-refractivity contribution in [2.75, 3.05) is 13.7 Å². The van der Waals surface area contributed by atoms with Crippen LogP contribution >= 0.6 is 23.1 Å². The van der Waals surface area contributed by atoms with Crippen LogP contribution in [0.15, 0.2) is 53.0 Å². The van der Waals surface area contributed by atoms with E-state index in [1.54, 1.807) is 23.1 Å². The first-order chi connectivity index (χ1) is 14.7. The van der Waals surface area contributed by atoms with Gasteiger partial charge in [-0.15, -0.1) is 16.4 Å². The molecule has 0 amide bonds. The summed E-state index contributed by atoms with van der Waals surface area (Å²) in [5, 5.41) is 15.9. The Bertz CT molecular complexity index is 1120. The van der Waals surface area contributed by atoms with Crippen molar-refractivity contribution in [2.24, 2.45) is 0 Å². The average Bonchev–Trinajstić information content (AvgIpc) is 3.42. The molecule has 2 heterocycles. The topological polar surface area (TPSA) is 75.0 Å². The zero-order chi connectivity index (χ0) is 20.9. The molecule has 0 spiro atoms. The van der Waals surface area contributed by atoms with Crippen LogP contribution in [0.1, 0.15) is 18.2 Å². The zero-order valence-corrected chi connectivity index (χ0v) is 18.5. The molecule has 2 aromatic heterocycles. The van der Waals surface area contributed by atoms with Gasteiger partial charge in [0.25, 0.3) is 0 Å². The number of aromatic nitrogens is 5.